The van der Waals surface area contributed by atoms with Crippen LogP contribution in [-0.4, -0.2) is 19.5 Å². The molecule has 0 unspecified atom stereocenters. The number of fused-ring (bicyclic) bond motifs is 1. The summed E-state index contributed by atoms with van der Waals surface area (Å²) in [6.07, 6.45) is 6.84. The highest BCUT2D eigenvalue weighted by Gasteiger charge is 2.05. The van der Waals surface area contributed by atoms with E-state index in [-0.39, 0.29) is 0 Å². The third-order valence-electron chi connectivity index (χ3n) is 1.62. The fourth-order valence-electron chi connectivity index (χ4n) is 1.09. The Morgan fingerprint density at radius 2 is 2.23 bits per heavy atom. The summed E-state index contributed by atoms with van der Waals surface area (Å²) in [6.45, 7) is 1.93. The summed E-state index contributed by atoms with van der Waals surface area (Å²) in [5.74, 6) is 0. The maximum atomic E-state index is 5.82. The Bertz CT molecular complexity index is 460. The van der Waals surface area contributed by atoms with Gasteiger partial charge in [-0.2, -0.15) is 0 Å². The minimum Gasteiger partial charge on any atom is -0.290 e. The Morgan fingerprint density at radius 1 is 1.38 bits per heavy atom. The number of halogens is 1. The molecule has 4 nitrogen and oxygen atoms in total. The Labute approximate surface area is 79.9 Å². The van der Waals surface area contributed by atoms with Gasteiger partial charge in [-0.15, -0.1) is 0 Å². The van der Waals surface area contributed by atoms with E-state index in [2.05, 4.69) is 15.0 Å². The topological polar surface area (TPSA) is 43.6 Å². The average molecular weight is 195 g/mol. The van der Waals surface area contributed by atoms with Crippen LogP contribution in [0.4, 0.5) is 0 Å². The van der Waals surface area contributed by atoms with Crippen LogP contribution in [0.5, 0.6) is 0 Å². The summed E-state index contributed by atoms with van der Waals surface area (Å²) in [7, 11) is 0. The number of nitrogens with zero attached hydrogens (tertiary/aromatic N) is 4. The van der Waals surface area contributed by atoms with Gasteiger partial charge in [-0.25, -0.2) is 15.0 Å². The zero-order valence-corrected chi connectivity index (χ0v) is 7.73. The molecule has 0 bridgehead atoms. The van der Waals surface area contributed by atoms with Crippen LogP contribution in [0.25, 0.3) is 17.4 Å². The molecule has 0 atom stereocenters. The van der Waals surface area contributed by atoms with Crippen LogP contribution < -0.4 is 0 Å². The van der Waals surface area contributed by atoms with Gasteiger partial charge in [-0.1, -0.05) is 17.7 Å². The largest absolute Gasteiger partial charge is 0.290 e. The standard InChI is InChI=1S/C8H7ClN4/c1-2-3-13-5-12-6-7(9)10-4-11-8(6)13/h2-5H,1H3/b3-2+. The zero-order valence-electron chi connectivity index (χ0n) is 6.98. The van der Waals surface area contributed by atoms with E-state index in [4.69, 9.17) is 11.6 Å². The predicted octanol–water partition coefficient (Wildman–Crippen LogP) is 1.97. The van der Waals surface area contributed by atoms with E-state index in [1.165, 1.54) is 6.33 Å². The van der Waals surface area contributed by atoms with E-state index in [9.17, 15) is 0 Å². The predicted molar refractivity (Wildman–Crippen MR) is 51.3 cm³/mol. The molecule has 0 aliphatic heterocycles. The first kappa shape index (κ1) is 8.19. The van der Waals surface area contributed by atoms with Crippen molar-refractivity contribution >= 4 is 29.0 Å². The lowest BCUT2D eigenvalue weighted by atomic mass is 10.5. The van der Waals surface area contributed by atoms with Gasteiger partial charge < -0.3 is 0 Å². The lowest BCUT2D eigenvalue weighted by Crippen LogP contribution is -1.87. The van der Waals surface area contributed by atoms with Gasteiger partial charge >= 0.3 is 0 Å². The summed E-state index contributed by atoms with van der Waals surface area (Å²) in [6, 6.07) is 0. The van der Waals surface area contributed by atoms with Crippen molar-refractivity contribution in [1.29, 1.82) is 0 Å². The normalized spacial score (nSPS) is 11.5. The fraction of sp³-hybridized carbons (Fsp3) is 0.125. The molecule has 66 valence electrons. The van der Waals surface area contributed by atoms with Crippen LogP contribution in [0.1, 0.15) is 6.92 Å². The molecule has 2 rings (SSSR count). The molecule has 0 fully saturated rings. The van der Waals surface area contributed by atoms with Crippen LogP contribution >= 0.6 is 11.6 Å². The van der Waals surface area contributed by atoms with Crippen LogP contribution in [0.3, 0.4) is 0 Å². The molecule has 5 heteroatoms. The summed E-state index contributed by atoms with van der Waals surface area (Å²) in [4.78, 5) is 12.0. The van der Waals surface area contributed by atoms with Crippen molar-refractivity contribution in [2.75, 3.05) is 0 Å². The van der Waals surface area contributed by atoms with Crippen LogP contribution in [0.2, 0.25) is 5.15 Å². The lowest BCUT2D eigenvalue weighted by Gasteiger charge is -1.93. The molecule has 0 N–H and O–H groups in total. The second kappa shape index (κ2) is 3.14. The molecule has 0 saturated heterocycles. The summed E-state index contributed by atoms with van der Waals surface area (Å²) in [5, 5.41) is 0.383. The smallest absolute Gasteiger partial charge is 0.168 e. The van der Waals surface area contributed by atoms with Gasteiger partial charge in [-0.3, -0.25) is 4.57 Å². The highest BCUT2D eigenvalue weighted by molar-refractivity contribution is 6.33. The van der Waals surface area contributed by atoms with E-state index in [1.54, 1.807) is 10.9 Å². The molecule has 0 aliphatic rings. The maximum Gasteiger partial charge on any atom is 0.168 e. The summed E-state index contributed by atoms with van der Waals surface area (Å²) < 4.78 is 1.79. The Balaban J connectivity index is 2.75. The number of hydrogen-bond acceptors (Lipinski definition) is 3. The first-order chi connectivity index (χ1) is 6.33. The third kappa shape index (κ3) is 1.29. The number of aromatic nitrogens is 4. The number of imidazole rings is 1. The highest BCUT2D eigenvalue weighted by atomic mass is 35.5. The molecule has 0 radical (unpaired) electrons. The van der Waals surface area contributed by atoms with Gasteiger partial charge in [-0.05, 0) is 6.92 Å². The van der Waals surface area contributed by atoms with Crippen molar-refractivity contribution in [2.24, 2.45) is 0 Å². The van der Waals surface area contributed by atoms with E-state index >= 15 is 0 Å². The van der Waals surface area contributed by atoms with Gasteiger partial charge in [0.05, 0.1) is 0 Å². The third-order valence-corrected chi connectivity index (χ3v) is 1.90. The summed E-state index contributed by atoms with van der Waals surface area (Å²) in [5.41, 5.74) is 1.35. The van der Waals surface area contributed by atoms with Crippen molar-refractivity contribution in [3.63, 3.8) is 0 Å². The van der Waals surface area contributed by atoms with E-state index in [0.717, 1.165) is 5.65 Å². The lowest BCUT2D eigenvalue weighted by molar-refractivity contribution is 1.12. The zero-order chi connectivity index (χ0) is 9.26. The average Bonchev–Trinajstić information content (AvgIpc) is 2.51. The van der Waals surface area contributed by atoms with Gasteiger partial charge in [0.1, 0.15) is 18.2 Å². The van der Waals surface area contributed by atoms with E-state index in [0.29, 0.717) is 10.7 Å². The molecule has 0 aliphatic carbocycles. The van der Waals surface area contributed by atoms with Crippen LogP contribution in [-0.2, 0) is 0 Å². The Morgan fingerprint density at radius 3 is 3.00 bits per heavy atom. The number of allylic oxidation sites excluding steroid dienone is 1. The van der Waals surface area contributed by atoms with Crippen molar-refractivity contribution < 1.29 is 0 Å². The molecule has 0 amide bonds. The molecule has 2 aromatic rings. The molecule has 0 saturated carbocycles. The number of hydrogen-bond donors (Lipinski definition) is 0. The fourth-order valence-corrected chi connectivity index (χ4v) is 1.27. The van der Waals surface area contributed by atoms with Crippen molar-refractivity contribution in [2.45, 2.75) is 6.92 Å². The quantitative estimate of drug-likeness (QED) is 0.652. The Kier molecular flexibility index (Phi) is 1.98. The minimum atomic E-state index is 0.383. The SMILES string of the molecule is C/C=C/n1cnc2c(Cl)ncnc21. The Hall–Kier alpha value is -1.42. The van der Waals surface area contributed by atoms with Crippen molar-refractivity contribution in [3.8, 4) is 0 Å². The molecule has 2 aromatic heterocycles. The van der Waals surface area contributed by atoms with Crippen molar-refractivity contribution in [1.82, 2.24) is 19.5 Å². The molecular weight excluding hydrogens is 188 g/mol. The number of rotatable bonds is 1. The first-order valence-electron chi connectivity index (χ1n) is 3.79. The van der Waals surface area contributed by atoms with Crippen LogP contribution in [0.15, 0.2) is 18.7 Å². The molecule has 13 heavy (non-hydrogen) atoms. The van der Waals surface area contributed by atoms with Crippen LogP contribution in [0, 0.1) is 0 Å². The molecule has 0 spiro atoms. The molecular formula is C8H7ClN4. The summed E-state index contributed by atoms with van der Waals surface area (Å²) >= 11 is 5.82. The maximum absolute atomic E-state index is 5.82. The first-order valence-corrected chi connectivity index (χ1v) is 4.16. The van der Waals surface area contributed by atoms with E-state index < -0.39 is 0 Å². The van der Waals surface area contributed by atoms with E-state index in [1.807, 2.05) is 19.2 Å². The van der Waals surface area contributed by atoms with Crippen molar-refractivity contribution in [3.05, 3.63) is 23.9 Å². The molecule has 0 aromatic carbocycles. The molecule has 2 heterocycles. The second-order valence-electron chi connectivity index (χ2n) is 2.47. The highest BCUT2D eigenvalue weighted by Crippen LogP contribution is 2.16. The monoisotopic (exact) mass is 194 g/mol. The van der Waals surface area contributed by atoms with Gasteiger partial charge in [0.25, 0.3) is 0 Å². The second-order valence-corrected chi connectivity index (χ2v) is 2.83. The minimum absolute atomic E-state index is 0.383. The van der Waals surface area contributed by atoms with Gasteiger partial charge in [0.15, 0.2) is 10.8 Å². The van der Waals surface area contributed by atoms with Gasteiger partial charge in [0.2, 0.25) is 0 Å². The van der Waals surface area contributed by atoms with Gasteiger partial charge in [0, 0.05) is 6.20 Å².